The number of nitrogens with one attached hydrogen (secondary N) is 1. The Balaban J connectivity index is 2.92. The number of hydrogen-bond acceptors (Lipinski definition) is 3. The Hall–Kier alpha value is -1.76. The predicted molar refractivity (Wildman–Crippen MR) is 64.6 cm³/mol. The van der Waals surface area contributed by atoms with Crippen LogP contribution in [0, 0.1) is 5.92 Å². The molecule has 0 saturated carbocycles. The Labute approximate surface area is 108 Å². The van der Waals surface area contributed by atoms with Gasteiger partial charge in [0.1, 0.15) is 5.75 Å². The molecular weight excluding hydrogens is 261 g/mol. The number of rotatable bonds is 4. The molecule has 0 spiro atoms. The average Bonchev–Trinajstić information content (AvgIpc) is 2.30. The van der Waals surface area contributed by atoms with Gasteiger partial charge < -0.3 is 16.2 Å². The lowest BCUT2D eigenvalue weighted by Crippen LogP contribution is -2.23. The van der Waals surface area contributed by atoms with Gasteiger partial charge in [0.25, 0.3) is 0 Å². The van der Waals surface area contributed by atoms with Crippen LogP contribution in [0.4, 0.5) is 18.9 Å². The van der Waals surface area contributed by atoms with Crippen LogP contribution in [0.1, 0.15) is 18.9 Å². The third kappa shape index (κ3) is 4.13. The molecule has 4 nitrogen and oxygen atoms in total. The van der Waals surface area contributed by atoms with Crippen molar-refractivity contribution < 1.29 is 23.1 Å². The number of halogens is 3. The molecule has 106 valence electrons. The van der Waals surface area contributed by atoms with Gasteiger partial charge in [0, 0.05) is 5.92 Å². The van der Waals surface area contributed by atoms with Crippen molar-refractivity contribution in [3.8, 4) is 5.75 Å². The zero-order valence-electron chi connectivity index (χ0n) is 10.3. The van der Waals surface area contributed by atoms with Gasteiger partial charge in [0.15, 0.2) is 0 Å². The Morgan fingerprint density at radius 2 is 2.11 bits per heavy atom. The number of anilines is 1. The van der Waals surface area contributed by atoms with Gasteiger partial charge in [0.2, 0.25) is 5.91 Å². The number of phenols is 1. The summed E-state index contributed by atoms with van der Waals surface area (Å²) in [5, 5.41) is 11.7. The second kappa shape index (κ2) is 5.92. The van der Waals surface area contributed by atoms with E-state index >= 15 is 0 Å². The van der Waals surface area contributed by atoms with E-state index in [0.717, 1.165) is 12.1 Å². The summed E-state index contributed by atoms with van der Waals surface area (Å²) in [5.41, 5.74) is 4.10. The first-order valence-corrected chi connectivity index (χ1v) is 5.67. The van der Waals surface area contributed by atoms with Gasteiger partial charge in [-0.25, -0.2) is 0 Å². The smallest absolute Gasteiger partial charge is 0.416 e. The van der Waals surface area contributed by atoms with Gasteiger partial charge >= 0.3 is 6.18 Å². The Kier molecular flexibility index (Phi) is 4.77. The van der Waals surface area contributed by atoms with Crippen molar-refractivity contribution in [3.63, 3.8) is 0 Å². The van der Waals surface area contributed by atoms with E-state index in [0.29, 0.717) is 19.0 Å². The number of hydrogen-bond donors (Lipinski definition) is 3. The van der Waals surface area contributed by atoms with E-state index in [1.807, 2.05) is 0 Å². The summed E-state index contributed by atoms with van der Waals surface area (Å²) in [7, 11) is 0. The topological polar surface area (TPSA) is 75.4 Å². The van der Waals surface area contributed by atoms with E-state index in [2.05, 4.69) is 5.32 Å². The molecule has 1 aromatic carbocycles. The first kappa shape index (κ1) is 15.3. The summed E-state index contributed by atoms with van der Waals surface area (Å²) >= 11 is 0. The Morgan fingerprint density at radius 1 is 1.47 bits per heavy atom. The first-order chi connectivity index (χ1) is 8.75. The summed E-state index contributed by atoms with van der Waals surface area (Å²) in [6, 6.07) is 2.34. The highest BCUT2D eigenvalue weighted by atomic mass is 19.4. The maximum Gasteiger partial charge on any atom is 0.416 e. The first-order valence-electron chi connectivity index (χ1n) is 5.67. The number of carbonyl (C=O) groups is 1. The molecule has 4 N–H and O–H groups in total. The van der Waals surface area contributed by atoms with Gasteiger partial charge in [-0.3, -0.25) is 4.79 Å². The van der Waals surface area contributed by atoms with E-state index in [9.17, 15) is 23.1 Å². The second-order valence-electron chi connectivity index (χ2n) is 4.20. The van der Waals surface area contributed by atoms with Crippen molar-refractivity contribution in [1.82, 2.24) is 0 Å². The molecule has 0 aliphatic carbocycles. The summed E-state index contributed by atoms with van der Waals surface area (Å²) in [4.78, 5) is 11.7. The highest BCUT2D eigenvalue weighted by molar-refractivity contribution is 5.93. The minimum Gasteiger partial charge on any atom is -0.506 e. The molecule has 0 aromatic heterocycles. The van der Waals surface area contributed by atoms with Crippen molar-refractivity contribution in [2.45, 2.75) is 19.5 Å². The Bertz CT molecular complexity index is 461. The quantitative estimate of drug-likeness (QED) is 0.739. The second-order valence-corrected chi connectivity index (χ2v) is 4.20. The number of carbonyl (C=O) groups excluding carboxylic acids is 1. The minimum absolute atomic E-state index is 0.260. The van der Waals surface area contributed by atoms with Crippen molar-refractivity contribution in [2.24, 2.45) is 11.7 Å². The summed E-state index contributed by atoms with van der Waals surface area (Å²) in [5.74, 6) is -1.35. The molecular formula is C12H15F3N2O2. The van der Waals surface area contributed by atoms with Gasteiger partial charge in [0.05, 0.1) is 11.3 Å². The van der Waals surface area contributed by atoms with Crippen molar-refractivity contribution in [3.05, 3.63) is 23.8 Å². The van der Waals surface area contributed by atoms with E-state index in [-0.39, 0.29) is 5.69 Å². The maximum atomic E-state index is 12.5. The van der Waals surface area contributed by atoms with Crippen molar-refractivity contribution in [1.29, 1.82) is 0 Å². The molecule has 0 radical (unpaired) electrons. The molecule has 19 heavy (non-hydrogen) atoms. The molecule has 1 aromatic rings. The monoisotopic (exact) mass is 276 g/mol. The molecule has 1 amide bonds. The molecule has 1 unspecified atom stereocenters. The third-order valence-electron chi connectivity index (χ3n) is 2.63. The predicted octanol–water partition coefficient (Wildman–Crippen LogP) is 2.33. The van der Waals surface area contributed by atoms with Gasteiger partial charge in [-0.1, -0.05) is 6.92 Å². The lowest BCUT2D eigenvalue weighted by molar-refractivity contribution is -0.137. The van der Waals surface area contributed by atoms with Crippen LogP contribution in [0.2, 0.25) is 0 Å². The third-order valence-corrected chi connectivity index (χ3v) is 2.63. The van der Waals surface area contributed by atoms with Crippen LogP contribution in [0.15, 0.2) is 18.2 Å². The average molecular weight is 276 g/mol. The van der Waals surface area contributed by atoms with Crippen LogP contribution < -0.4 is 11.1 Å². The Morgan fingerprint density at radius 3 is 2.63 bits per heavy atom. The van der Waals surface area contributed by atoms with E-state index < -0.39 is 29.3 Å². The van der Waals surface area contributed by atoms with Gasteiger partial charge in [-0.15, -0.1) is 0 Å². The van der Waals surface area contributed by atoms with Crippen LogP contribution in [-0.2, 0) is 11.0 Å². The molecule has 1 atom stereocenters. The number of alkyl halides is 3. The van der Waals surface area contributed by atoms with Crippen LogP contribution in [-0.4, -0.2) is 17.6 Å². The summed E-state index contributed by atoms with van der Waals surface area (Å²) < 4.78 is 37.5. The van der Waals surface area contributed by atoms with Crippen LogP contribution in [0.25, 0.3) is 0 Å². The lowest BCUT2D eigenvalue weighted by Gasteiger charge is -2.14. The normalized spacial score (nSPS) is 13.1. The SMILES string of the molecule is CC(CCN)C(=O)Nc1cc(C(F)(F)F)ccc1O. The van der Waals surface area contributed by atoms with Crippen LogP contribution >= 0.6 is 0 Å². The molecule has 0 aliphatic rings. The largest absolute Gasteiger partial charge is 0.506 e. The van der Waals surface area contributed by atoms with Crippen LogP contribution in [0.3, 0.4) is 0 Å². The van der Waals surface area contributed by atoms with Gasteiger partial charge in [-0.05, 0) is 31.2 Å². The number of phenolic OH excluding ortho intramolecular Hbond substituents is 1. The lowest BCUT2D eigenvalue weighted by atomic mass is 10.1. The molecule has 0 aliphatic heterocycles. The zero-order chi connectivity index (χ0) is 14.6. The molecule has 0 saturated heterocycles. The molecule has 7 heteroatoms. The standard InChI is InChI=1S/C12H15F3N2O2/c1-7(4-5-16)11(19)17-9-6-8(12(13,14)15)2-3-10(9)18/h2-3,6-7,18H,4-5,16H2,1H3,(H,17,19). The fourth-order valence-electron chi connectivity index (χ4n) is 1.45. The van der Waals surface area contributed by atoms with Crippen LogP contribution in [0.5, 0.6) is 5.75 Å². The zero-order valence-corrected chi connectivity index (χ0v) is 10.3. The molecule has 0 heterocycles. The highest BCUT2D eigenvalue weighted by Gasteiger charge is 2.31. The van der Waals surface area contributed by atoms with Crippen molar-refractivity contribution in [2.75, 3.05) is 11.9 Å². The number of amides is 1. The van der Waals surface area contributed by atoms with Crippen molar-refractivity contribution >= 4 is 11.6 Å². The molecule has 1 rings (SSSR count). The van der Waals surface area contributed by atoms with E-state index in [1.54, 1.807) is 6.92 Å². The van der Waals surface area contributed by atoms with Gasteiger partial charge in [-0.2, -0.15) is 13.2 Å². The van der Waals surface area contributed by atoms with E-state index in [4.69, 9.17) is 5.73 Å². The maximum absolute atomic E-state index is 12.5. The van der Waals surface area contributed by atoms with E-state index in [1.165, 1.54) is 0 Å². The molecule has 0 fully saturated rings. The summed E-state index contributed by atoms with van der Waals surface area (Å²) in [6.45, 7) is 1.90. The number of aromatic hydroxyl groups is 1. The summed E-state index contributed by atoms with van der Waals surface area (Å²) in [6.07, 6.45) is -4.12. The molecule has 0 bridgehead atoms. The fraction of sp³-hybridized carbons (Fsp3) is 0.417. The minimum atomic E-state index is -4.53. The highest BCUT2D eigenvalue weighted by Crippen LogP contribution is 2.34. The fourth-order valence-corrected chi connectivity index (χ4v) is 1.45. The number of benzene rings is 1. The number of nitrogens with two attached hydrogens (primary N) is 1.